The molecule has 0 saturated carbocycles. The number of rotatable bonds is 4. The third-order valence-electron chi connectivity index (χ3n) is 3.75. The second-order valence-corrected chi connectivity index (χ2v) is 7.00. The van der Waals surface area contributed by atoms with E-state index < -0.39 is 0 Å². The van der Waals surface area contributed by atoms with E-state index in [0.717, 1.165) is 28.4 Å². The van der Waals surface area contributed by atoms with Gasteiger partial charge in [-0.3, -0.25) is 0 Å². The minimum atomic E-state index is 0.0665. The van der Waals surface area contributed by atoms with Crippen LogP contribution in [0, 0.1) is 6.92 Å². The summed E-state index contributed by atoms with van der Waals surface area (Å²) in [5.41, 5.74) is 8.72. The first-order chi connectivity index (χ1) is 9.08. The Morgan fingerprint density at radius 2 is 2.11 bits per heavy atom. The first-order valence-corrected chi connectivity index (χ1v) is 8.49. The Labute approximate surface area is 132 Å². The molecule has 2 unspecified atom stereocenters. The third-order valence-corrected chi connectivity index (χ3v) is 5.29. The lowest BCUT2D eigenvalue weighted by Crippen LogP contribution is -2.21. The molecule has 2 nitrogen and oxygen atoms in total. The van der Waals surface area contributed by atoms with E-state index in [1.54, 1.807) is 0 Å². The average molecular weight is 391 g/mol. The lowest BCUT2D eigenvalue weighted by atomic mass is 9.97. The second-order valence-electron chi connectivity index (χ2n) is 5.30. The third kappa shape index (κ3) is 4.28. The van der Waals surface area contributed by atoms with Gasteiger partial charge in [0.25, 0.3) is 0 Å². The first-order valence-electron chi connectivity index (χ1n) is 6.90. The van der Waals surface area contributed by atoms with E-state index in [4.69, 9.17) is 10.5 Å². The molecule has 1 fully saturated rings. The zero-order valence-corrected chi connectivity index (χ0v) is 14.5. The molecular formula is C15H21Br2NO. The summed E-state index contributed by atoms with van der Waals surface area (Å²) in [4.78, 5) is 0. The van der Waals surface area contributed by atoms with Crippen LogP contribution in [0.3, 0.4) is 0 Å². The van der Waals surface area contributed by atoms with E-state index in [1.165, 1.54) is 30.4 Å². The number of ether oxygens (including phenoxy) is 1. The predicted molar refractivity (Wildman–Crippen MR) is 86.3 cm³/mol. The van der Waals surface area contributed by atoms with Crippen molar-refractivity contribution in [2.45, 2.75) is 51.2 Å². The topological polar surface area (TPSA) is 35.2 Å². The van der Waals surface area contributed by atoms with Gasteiger partial charge in [-0.25, -0.2) is 0 Å². The molecule has 0 amide bonds. The van der Waals surface area contributed by atoms with Gasteiger partial charge in [0, 0.05) is 21.6 Å². The number of hydrogen-bond donors (Lipinski definition) is 1. The highest BCUT2D eigenvalue weighted by atomic mass is 79.9. The second kappa shape index (κ2) is 7.21. The Kier molecular flexibility index (Phi) is 5.87. The van der Waals surface area contributed by atoms with Crippen LogP contribution in [0.25, 0.3) is 0 Å². The van der Waals surface area contributed by atoms with Crippen LogP contribution >= 0.6 is 31.9 Å². The van der Waals surface area contributed by atoms with Gasteiger partial charge >= 0.3 is 0 Å². The highest BCUT2D eigenvalue weighted by Crippen LogP contribution is 2.31. The maximum Gasteiger partial charge on any atom is 0.0575 e. The van der Waals surface area contributed by atoms with Crippen LogP contribution in [0.1, 0.15) is 49.3 Å². The number of halogens is 2. The van der Waals surface area contributed by atoms with E-state index in [-0.39, 0.29) is 6.04 Å². The Morgan fingerprint density at radius 1 is 1.32 bits per heavy atom. The van der Waals surface area contributed by atoms with Crippen molar-refractivity contribution in [3.05, 3.63) is 32.2 Å². The zero-order chi connectivity index (χ0) is 13.8. The minimum absolute atomic E-state index is 0.0665. The molecule has 0 spiro atoms. The SMILES string of the molecule is Cc1cc(Br)c(C(N)CCC2CCCCO2)cc1Br. The Balaban J connectivity index is 1.95. The van der Waals surface area contributed by atoms with Crippen LogP contribution in [0.15, 0.2) is 21.1 Å². The molecule has 19 heavy (non-hydrogen) atoms. The van der Waals surface area contributed by atoms with E-state index in [2.05, 4.69) is 50.9 Å². The zero-order valence-electron chi connectivity index (χ0n) is 11.3. The maximum absolute atomic E-state index is 6.33. The van der Waals surface area contributed by atoms with Gasteiger partial charge in [-0.05, 0) is 62.3 Å². The summed E-state index contributed by atoms with van der Waals surface area (Å²) in [5, 5.41) is 0. The summed E-state index contributed by atoms with van der Waals surface area (Å²) in [6, 6.07) is 4.32. The fourth-order valence-electron chi connectivity index (χ4n) is 2.50. The largest absolute Gasteiger partial charge is 0.378 e. The van der Waals surface area contributed by atoms with Gasteiger partial charge < -0.3 is 10.5 Å². The van der Waals surface area contributed by atoms with Crippen molar-refractivity contribution in [3.63, 3.8) is 0 Å². The molecule has 0 aliphatic carbocycles. The lowest BCUT2D eigenvalue weighted by molar-refractivity contribution is 0.00911. The van der Waals surface area contributed by atoms with Crippen molar-refractivity contribution >= 4 is 31.9 Å². The maximum atomic E-state index is 6.33. The fraction of sp³-hybridized carbons (Fsp3) is 0.600. The van der Waals surface area contributed by atoms with Gasteiger partial charge in [-0.1, -0.05) is 31.9 Å². The molecule has 4 heteroatoms. The highest BCUT2D eigenvalue weighted by Gasteiger charge is 2.17. The Bertz CT molecular complexity index is 430. The van der Waals surface area contributed by atoms with Crippen LogP contribution in [-0.2, 0) is 4.74 Å². The molecule has 0 radical (unpaired) electrons. The van der Waals surface area contributed by atoms with Crippen LogP contribution in [0.2, 0.25) is 0 Å². The summed E-state index contributed by atoms with van der Waals surface area (Å²) < 4.78 is 7.98. The fourth-order valence-corrected chi connectivity index (χ4v) is 3.61. The molecule has 2 N–H and O–H groups in total. The lowest BCUT2D eigenvalue weighted by Gasteiger charge is -2.24. The van der Waals surface area contributed by atoms with Gasteiger partial charge in [0.1, 0.15) is 0 Å². The predicted octanol–water partition coefficient (Wildman–Crippen LogP) is 4.87. The van der Waals surface area contributed by atoms with E-state index in [1.807, 2.05) is 0 Å². The summed E-state index contributed by atoms with van der Waals surface area (Å²) in [6.07, 6.45) is 6.12. The molecule has 1 heterocycles. The van der Waals surface area contributed by atoms with Crippen LogP contribution < -0.4 is 5.73 Å². The molecule has 1 aliphatic heterocycles. The molecule has 0 bridgehead atoms. The van der Waals surface area contributed by atoms with Gasteiger partial charge in [-0.2, -0.15) is 0 Å². The Morgan fingerprint density at radius 3 is 2.79 bits per heavy atom. The number of aryl methyl sites for hydroxylation is 1. The normalized spacial score (nSPS) is 21.4. The van der Waals surface area contributed by atoms with Crippen LogP contribution in [-0.4, -0.2) is 12.7 Å². The standard InChI is InChI=1S/C15H21Br2NO/c1-10-8-14(17)12(9-13(10)16)15(18)6-5-11-4-2-3-7-19-11/h8-9,11,15H,2-7,18H2,1H3. The highest BCUT2D eigenvalue weighted by molar-refractivity contribution is 9.11. The van der Waals surface area contributed by atoms with E-state index in [9.17, 15) is 0 Å². The van der Waals surface area contributed by atoms with Crippen molar-refractivity contribution in [1.82, 2.24) is 0 Å². The van der Waals surface area contributed by atoms with Crippen molar-refractivity contribution < 1.29 is 4.74 Å². The molecule has 1 aromatic rings. The molecular weight excluding hydrogens is 370 g/mol. The van der Waals surface area contributed by atoms with Crippen molar-refractivity contribution in [3.8, 4) is 0 Å². The van der Waals surface area contributed by atoms with E-state index in [0.29, 0.717) is 6.10 Å². The quantitative estimate of drug-likeness (QED) is 0.795. The summed E-state index contributed by atoms with van der Waals surface area (Å²) in [7, 11) is 0. The molecule has 0 aromatic heterocycles. The van der Waals surface area contributed by atoms with Gasteiger partial charge in [0.05, 0.1) is 6.10 Å². The summed E-state index contributed by atoms with van der Waals surface area (Å²) in [5.74, 6) is 0. The van der Waals surface area contributed by atoms with Gasteiger partial charge in [-0.15, -0.1) is 0 Å². The van der Waals surface area contributed by atoms with Crippen LogP contribution in [0.4, 0.5) is 0 Å². The molecule has 1 aromatic carbocycles. The summed E-state index contributed by atoms with van der Waals surface area (Å²) in [6.45, 7) is 3.00. The number of hydrogen-bond acceptors (Lipinski definition) is 2. The van der Waals surface area contributed by atoms with Crippen molar-refractivity contribution in [1.29, 1.82) is 0 Å². The summed E-state index contributed by atoms with van der Waals surface area (Å²) >= 11 is 7.19. The number of nitrogens with two attached hydrogens (primary N) is 1. The molecule has 2 atom stereocenters. The van der Waals surface area contributed by atoms with Crippen molar-refractivity contribution in [2.75, 3.05) is 6.61 Å². The molecule has 2 rings (SSSR count). The van der Waals surface area contributed by atoms with E-state index >= 15 is 0 Å². The number of benzene rings is 1. The van der Waals surface area contributed by atoms with Crippen LogP contribution in [0.5, 0.6) is 0 Å². The average Bonchev–Trinajstić information content (AvgIpc) is 2.41. The molecule has 1 aliphatic rings. The van der Waals surface area contributed by atoms with Crippen molar-refractivity contribution in [2.24, 2.45) is 5.73 Å². The minimum Gasteiger partial charge on any atom is -0.378 e. The monoisotopic (exact) mass is 389 g/mol. The van der Waals surface area contributed by atoms with Gasteiger partial charge in [0.15, 0.2) is 0 Å². The molecule has 1 saturated heterocycles. The Hall–Kier alpha value is 0.1000. The van der Waals surface area contributed by atoms with Gasteiger partial charge in [0.2, 0.25) is 0 Å². The smallest absolute Gasteiger partial charge is 0.0575 e. The first kappa shape index (κ1) is 15.5. The molecule has 106 valence electrons.